The van der Waals surface area contributed by atoms with Crippen LogP contribution in [0.2, 0.25) is 0 Å². The van der Waals surface area contributed by atoms with Crippen molar-refractivity contribution in [3.8, 4) is 0 Å². The summed E-state index contributed by atoms with van der Waals surface area (Å²) in [6.45, 7) is 12.6. The molecular formula is C15H24O2. The maximum Gasteiger partial charge on any atom is 0.180 e. The average molecular weight is 236 g/mol. The summed E-state index contributed by atoms with van der Waals surface area (Å²) in [6, 6.07) is 0. The highest BCUT2D eigenvalue weighted by Crippen LogP contribution is 2.41. The van der Waals surface area contributed by atoms with Crippen molar-refractivity contribution in [2.45, 2.75) is 47.3 Å². The minimum absolute atomic E-state index is 0.139. The second kappa shape index (κ2) is 4.25. The fourth-order valence-corrected chi connectivity index (χ4v) is 2.63. The zero-order valence-electron chi connectivity index (χ0n) is 11.7. The third-order valence-electron chi connectivity index (χ3n) is 3.64. The lowest BCUT2D eigenvalue weighted by Crippen LogP contribution is -2.42. The van der Waals surface area contributed by atoms with Crippen molar-refractivity contribution in [3.05, 3.63) is 23.3 Å². The summed E-state index contributed by atoms with van der Waals surface area (Å²) in [4.78, 5) is 0. The van der Waals surface area contributed by atoms with Gasteiger partial charge in [0, 0.05) is 5.41 Å². The van der Waals surface area contributed by atoms with Crippen LogP contribution in [0, 0.1) is 10.8 Å². The Balaban J connectivity index is 2.19. The van der Waals surface area contributed by atoms with Crippen molar-refractivity contribution in [3.63, 3.8) is 0 Å². The first-order valence-electron chi connectivity index (χ1n) is 6.43. The molecule has 1 fully saturated rings. The summed E-state index contributed by atoms with van der Waals surface area (Å²) < 4.78 is 11.8. The highest BCUT2D eigenvalue weighted by Gasteiger charge is 2.37. The molecule has 2 aliphatic rings. The van der Waals surface area contributed by atoms with Gasteiger partial charge in [0.2, 0.25) is 0 Å². The number of allylic oxidation sites excluding steroid dienone is 3. The van der Waals surface area contributed by atoms with E-state index in [0.29, 0.717) is 0 Å². The Labute approximate surface area is 105 Å². The van der Waals surface area contributed by atoms with Crippen LogP contribution in [0.5, 0.6) is 0 Å². The van der Waals surface area contributed by atoms with Gasteiger partial charge in [0.1, 0.15) is 0 Å². The van der Waals surface area contributed by atoms with Crippen LogP contribution in [0.25, 0.3) is 0 Å². The summed E-state index contributed by atoms with van der Waals surface area (Å²) in [7, 11) is 0. The molecule has 96 valence electrons. The molecule has 17 heavy (non-hydrogen) atoms. The van der Waals surface area contributed by atoms with Gasteiger partial charge < -0.3 is 9.47 Å². The quantitative estimate of drug-likeness (QED) is 0.691. The lowest BCUT2D eigenvalue weighted by molar-refractivity contribution is -0.208. The van der Waals surface area contributed by atoms with E-state index in [1.807, 2.05) is 0 Å². The van der Waals surface area contributed by atoms with E-state index in [0.717, 1.165) is 19.6 Å². The molecule has 0 bridgehead atoms. The highest BCUT2D eigenvalue weighted by atomic mass is 16.7. The number of hydrogen-bond donors (Lipinski definition) is 0. The van der Waals surface area contributed by atoms with Gasteiger partial charge in [-0.1, -0.05) is 39.8 Å². The molecule has 1 saturated heterocycles. The molecule has 1 aliphatic heterocycles. The van der Waals surface area contributed by atoms with E-state index in [2.05, 4.69) is 46.8 Å². The monoisotopic (exact) mass is 236 g/mol. The Bertz CT molecular complexity index is 351. The first-order chi connectivity index (χ1) is 7.82. The maximum atomic E-state index is 5.92. The average Bonchev–Trinajstić information content (AvgIpc) is 2.19. The predicted octanol–water partition coefficient (Wildman–Crippen LogP) is 3.69. The van der Waals surface area contributed by atoms with Crippen molar-refractivity contribution >= 4 is 0 Å². The summed E-state index contributed by atoms with van der Waals surface area (Å²) in [5, 5.41) is 0. The Morgan fingerprint density at radius 1 is 1.12 bits per heavy atom. The van der Waals surface area contributed by atoms with Crippen LogP contribution in [0.1, 0.15) is 41.0 Å². The molecule has 0 radical (unpaired) electrons. The number of ether oxygens (including phenoxy) is 2. The van der Waals surface area contributed by atoms with Crippen molar-refractivity contribution < 1.29 is 9.47 Å². The van der Waals surface area contributed by atoms with E-state index >= 15 is 0 Å². The van der Waals surface area contributed by atoms with Crippen LogP contribution >= 0.6 is 0 Å². The lowest BCUT2D eigenvalue weighted by atomic mass is 9.75. The molecule has 1 aliphatic carbocycles. The molecule has 2 heteroatoms. The minimum Gasteiger partial charge on any atom is -0.348 e. The molecule has 2 rings (SSSR count). The van der Waals surface area contributed by atoms with Gasteiger partial charge in [-0.05, 0) is 29.9 Å². The minimum atomic E-state index is -0.150. The topological polar surface area (TPSA) is 18.5 Å². The third kappa shape index (κ3) is 2.63. The van der Waals surface area contributed by atoms with Crippen molar-refractivity contribution in [1.29, 1.82) is 0 Å². The van der Waals surface area contributed by atoms with Gasteiger partial charge in [-0.2, -0.15) is 0 Å². The largest absolute Gasteiger partial charge is 0.348 e. The first kappa shape index (κ1) is 12.8. The van der Waals surface area contributed by atoms with Crippen molar-refractivity contribution in [1.82, 2.24) is 0 Å². The van der Waals surface area contributed by atoms with E-state index in [9.17, 15) is 0 Å². The van der Waals surface area contributed by atoms with Crippen LogP contribution < -0.4 is 0 Å². The molecule has 0 amide bonds. The Morgan fingerprint density at radius 2 is 1.71 bits per heavy atom. The zero-order chi connectivity index (χ0) is 12.7. The van der Waals surface area contributed by atoms with E-state index in [1.165, 1.54) is 11.1 Å². The van der Waals surface area contributed by atoms with E-state index in [4.69, 9.17) is 9.47 Å². The predicted molar refractivity (Wildman–Crippen MR) is 69.7 cm³/mol. The fourth-order valence-electron chi connectivity index (χ4n) is 2.63. The summed E-state index contributed by atoms with van der Waals surface area (Å²) >= 11 is 0. The number of hydrogen-bond acceptors (Lipinski definition) is 2. The van der Waals surface area contributed by atoms with Crippen molar-refractivity contribution in [2.75, 3.05) is 13.2 Å². The van der Waals surface area contributed by atoms with Gasteiger partial charge in [-0.15, -0.1) is 0 Å². The second-order valence-corrected chi connectivity index (χ2v) is 6.71. The third-order valence-corrected chi connectivity index (χ3v) is 3.64. The van der Waals surface area contributed by atoms with Gasteiger partial charge in [0.05, 0.1) is 13.2 Å². The Hall–Kier alpha value is -0.600. The smallest absolute Gasteiger partial charge is 0.180 e. The summed E-state index contributed by atoms with van der Waals surface area (Å²) in [6.07, 6.45) is 5.34. The zero-order valence-corrected chi connectivity index (χ0v) is 11.7. The van der Waals surface area contributed by atoms with Crippen LogP contribution in [-0.2, 0) is 9.47 Å². The van der Waals surface area contributed by atoms with Gasteiger partial charge in [0.15, 0.2) is 6.29 Å². The molecule has 0 N–H and O–H groups in total. The SMILES string of the molecule is CC1=C(C2OCC(C)(C)CO2)C(C)(C)CC=C1. The number of rotatable bonds is 1. The molecule has 1 heterocycles. The molecule has 0 saturated carbocycles. The Morgan fingerprint density at radius 3 is 2.24 bits per heavy atom. The maximum absolute atomic E-state index is 5.92. The molecule has 0 aromatic carbocycles. The molecule has 0 aromatic rings. The van der Waals surface area contributed by atoms with E-state index in [-0.39, 0.29) is 17.1 Å². The first-order valence-corrected chi connectivity index (χ1v) is 6.43. The highest BCUT2D eigenvalue weighted by molar-refractivity contribution is 5.34. The lowest BCUT2D eigenvalue weighted by Gasteiger charge is -2.41. The fraction of sp³-hybridized carbons (Fsp3) is 0.733. The van der Waals surface area contributed by atoms with E-state index < -0.39 is 0 Å². The molecule has 0 atom stereocenters. The Kier molecular flexibility index (Phi) is 3.21. The second-order valence-electron chi connectivity index (χ2n) is 6.71. The summed E-state index contributed by atoms with van der Waals surface area (Å²) in [5.74, 6) is 0. The molecular weight excluding hydrogens is 212 g/mol. The molecule has 2 nitrogen and oxygen atoms in total. The van der Waals surface area contributed by atoms with Crippen LogP contribution in [0.3, 0.4) is 0 Å². The summed E-state index contributed by atoms with van der Waals surface area (Å²) in [5.41, 5.74) is 2.89. The van der Waals surface area contributed by atoms with E-state index in [1.54, 1.807) is 0 Å². The van der Waals surface area contributed by atoms with Crippen LogP contribution in [0.15, 0.2) is 23.3 Å². The molecule has 0 spiro atoms. The van der Waals surface area contributed by atoms with Crippen LogP contribution in [-0.4, -0.2) is 19.5 Å². The normalized spacial score (nSPS) is 28.5. The van der Waals surface area contributed by atoms with Gasteiger partial charge in [0.25, 0.3) is 0 Å². The molecule has 0 unspecified atom stereocenters. The standard InChI is InChI=1S/C15H24O2/c1-11-7-6-8-15(4,5)12(11)13-16-9-14(2,3)10-17-13/h6-7,13H,8-10H2,1-5H3. The van der Waals surface area contributed by atoms with Gasteiger partial charge >= 0.3 is 0 Å². The van der Waals surface area contributed by atoms with Crippen LogP contribution in [0.4, 0.5) is 0 Å². The van der Waals surface area contributed by atoms with Crippen molar-refractivity contribution in [2.24, 2.45) is 10.8 Å². The van der Waals surface area contributed by atoms with Gasteiger partial charge in [-0.25, -0.2) is 0 Å². The van der Waals surface area contributed by atoms with Gasteiger partial charge in [-0.3, -0.25) is 0 Å². The molecule has 0 aromatic heterocycles.